The Morgan fingerprint density at radius 3 is 1.67 bits per heavy atom. The van der Waals surface area contributed by atoms with Gasteiger partial charge in [-0.05, 0) is 19.9 Å². The lowest BCUT2D eigenvalue weighted by molar-refractivity contribution is 0.262. The molecule has 0 aliphatic heterocycles. The SMILES string of the molecule is C[C@H](C#N)Oc1cc(O[C@H](C)C#N)c(Cl)cc1Cl. The van der Waals surface area contributed by atoms with Gasteiger partial charge < -0.3 is 9.47 Å². The van der Waals surface area contributed by atoms with Crippen LogP contribution in [0.3, 0.4) is 0 Å². The molecule has 0 N–H and O–H groups in total. The van der Waals surface area contributed by atoms with E-state index in [-0.39, 0.29) is 21.5 Å². The van der Waals surface area contributed by atoms with Crippen molar-refractivity contribution in [1.82, 2.24) is 0 Å². The van der Waals surface area contributed by atoms with Crippen LogP contribution < -0.4 is 9.47 Å². The monoisotopic (exact) mass is 284 g/mol. The van der Waals surface area contributed by atoms with Crippen LogP contribution in [-0.4, -0.2) is 12.2 Å². The van der Waals surface area contributed by atoms with Crippen LogP contribution in [0.1, 0.15) is 13.8 Å². The summed E-state index contributed by atoms with van der Waals surface area (Å²) in [6.07, 6.45) is -1.30. The Bertz CT molecular complexity index is 477. The Morgan fingerprint density at radius 1 is 0.944 bits per heavy atom. The van der Waals surface area contributed by atoms with E-state index in [9.17, 15) is 0 Å². The number of rotatable bonds is 4. The van der Waals surface area contributed by atoms with E-state index in [1.807, 2.05) is 12.1 Å². The lowest BCUT2D eigenvalue weighted by Gasteiger charge is -2.14. The lowest BCUT2D eigenvalue weighted by atomic mass is 10.3. The van der Waals surface area contributed by atoms with Crippen LogP contribution in [0.4, 0.5) is 0 Å². The first-order chi connectivity index (χ1) is 8.47. The van der Waals surface area contributed by atoms with E-state index in [0.717, 1.165) is 0 Å². The molecule has 18 heavy (non-hydrogen) atoms. The molecule has 0 aliphatic rings. The van der Waals surface area contributed by atoms with Crippen molar-refractivity contribution in [3.8, 4) is 23.6 Å². The molecule has 0 unspecified atom stereocenters. The Hall–Kier alpha value is -1.62. The van der Waals surface area contributed by atoms with E-state index >= 15 is 0 Å². The fourth-order valence-corrected chi connectivity index (χ4v) is 1.60. The molecule has 0 amide bonds. The van der Waals surface area contributed by atoms with Gasteiger partial charge in [-0.15, -0.1) is 0 Å². The van der Waals surface area contributed by atoms with Crippen LogP contribution in [0.5, 0.6) is 11.5 Å². The third-order valence-electron chi connectivity index (χ3n) is 1.96. The van der Waals surface area contributed by atoms with Crippen LogP contribution in [0.2, 0.25) is 10.0 Å². The summed E-state index contributed by atoms with van der Waals surface area (Å²) in [4.78, 5) is 0. The molecule has 1 aromatic carbocycles. The van der Waals surface area contributed by atoms with E-state index in [1.54, 1.807) is 13.8 Å². The molecule has 6 heteroatoms. The number of halogens is 2. The van der Waals surface area contributed by atoms with E-state index in [1.165, 1.54) is 12.1 Å². The van der Waals surface area contributed by atoms with Crippen molar-refractivity contribution in [3.05, 3.63) is 22.2 Å². The van der Waals surface area contributed by atoms with Crippen molar-refractivity contribution < 1.29 is 9.47 Å². The highest BCUT2D eigenvalue weighted by atomic mass is 35.5. The Morgan fingerprint density at radius 2 is 1.33 bits per heavy atom. The highest BCUT2D eigenvalue weighted by Gasteiger charge is 2.13. The molecule has 94 valence electrons. The number of hydrogen-bond donors (Lipinski definition) is 0. The largest absolute Gasteiger partial charge is 0.474 e. The maximum Gasteiger partial charge on any atom is 0.181 e. The normalized spacial score (nSPS) is 13.0. The van der Waals surface area contributed by atoms with Crippen LogP contribution in [0.15, 0.2) is 12.1 Å². The second-order valence-electron chi connectivity index (χ2n) is 3.49. The zero-order valence-electron chi connectivity index (χ0n) is 9.78. The molecule has 1 rings (SSSR count). The van der Waals surface area contributed by atoms with Crippen molar-refractivity contribution >= 4 is 23.2 Å². The maximum absolute atomic E-state index is 8.68. The van der Waals surface area contributed by atoms with Gasteiger partial charge in [0.1, 0.15) is 23.6 Å². The highest BCUT2D eigenvalue weighted by Crippen LogP contribution is 2.36. The summed E-state index contributed by atoms with van der Waals surface area (Å²) >= 11 is 11.9. The lowest BCUT2D eigenvalue weighted by Crippen LogP contribution is -2.11. The van der Waals surface area contributed by atoms with Gasteiger partial charge in [-0.25, -0.2) is 0 Å². The minimum Gasteiger partial charge on any atom is -0.474 e. The van der Waals surface area contributed by atoms with Crippen LogP contribution in [0.25, 0.3) is 0 Å². The van der Waals surface area contributed by atoms with E-state index in [0.29, 0.717) is 0 Å². The van der Waals surface area contributed by atoms with Gasteiger partial charge in [-0.3, -0.25) is 0 Å². The molecule has 0 saturated carbocycles. The summed E-state index contributed by atoms with van der Waals surface area (Å²) in [5.74, 6) is 0.575. The van der Waals surface area contributed by atoms with Crippen molar-refractivity contribution in [2.45, 2.75) is 26.1 Å². The van der Waals surface area contributed by atoms with Crippen molar-refractivity contribution in [2.75, 3.05) is 0 Å². The zero-order chi connectivity index (χ0) is 13.7. The van der Waals surface area contributed by atoms with E-state index < -0.39 is 12.2 Å². The van der Waals surface area contributed by atoms with Gasteiger partial charge in [0.15, 0.2) is 12.2 Å². The van der Waals surface area contributed by atoms with Gasteiger partial charge >= 0.3 is 0 Å². The number of nitrogens with zero attached hydrogens (tertiary/aromatic N) is 2. The van der Waals surface area contributed by atoms with Crippen LogP contribution >= 0.6 is 23.2 Å². The smallest absolute Gasteiger partial charge is 0.181 e. The molecule has 0 spiro atoms. The summed E-state index contributed by atoms with van der Waals surface area (Å²) in [5, 5.41) is 17.9. The maximum atomic E-state index is 8.68. The van der Waals surface area contributed by atoms with Gasteiger partial charge in [0.25, 0.3) is 0 Å². The fourth-order valence-electron chi connectivity index (χ4n) is 1.12. The molecule has 0 bridgehead atoms. The first-order valence-corrected chi connectivity index (χ1v) is 5.85. The number of nitriles is 2. The number of benzene rings is 1. The molecular formula is C12H10Cl2N2O2. The molecule has 0 heterocycles. The van der Waals surface area contributed by atoms with Crippen LogP contribution in [0, 0.1) is 22.7 Å². The first kappa shape index (κ1) is 14.4. The highest BCUT2D eigenvalue weighted by molar-refractivity contribution is 6.36. The molecule has 0 aromatic heterocycles. The third-order valence-corrected chi connectivity index (χ3v) is 2.55. The standard InChI is InChI=1S/C12H10Cl2N2O2/c1-7(5-15)17-11-4-12(18-8(2)6-16)10(14)3-9(11)13/h3-4,7-8H,1-2H3/t7-,8-/m1/s1. The summed E-state index contributed by atoms with van der Waals surface area (Å²) in [6, 6.07) is 6.75. The molecule has 4 nitrogen and oxygen atoms in total. The Kier molecular flexibility index (Phi) is 5.09. The van der Waals surface area contributed by atoms with Gasteiger partial charge in [0, 0.05) is 6.07 Å². The molecular weight excluding hydrogens is 275 g/mol. The van der Waals surface area contributed by atoms with E-state index in [4.69, 9.17) is 43.2 Å². The Balaban J connectivity index is 3.03. The molecule has 0 fully saturated rings. The summed E-state index contributed by atoms with van der Waals surface area (Å²) in [6.45, 7) is 3.17. The molecule has 0 aliphatic carbocycles. The molecule has 2 atom stereocenters. The van der Waals surface area contributed by atoms with Gasteiger partial charge in [-0.1, -0.05) is 23.2 Å². The van der Waals surface area contributed by atoms with Crippen molar-refractivity contribution in [1.29, 1.82) is 10.5 Å². The second-order valence-corrected chi connectivity index (χ2v) is 4.31. The van der Waals surface area contributed by atoms with E-state index in [2.05, 4.69) is 0 Å². The fraction of sp³-hybridized carbons (Fsp3) is 0.333. The molecule has 0 saturated heterocycles. The van der Waals surface area contributed by atoms with Crippen molar-refractivity contribution in [3.63, 3.8) is 0 Å². The van der Waals surface area contributed by atoms with Crippen LogP contribution in [-0.2, 0) is 0 Å². The van der Waals surface area contributed by atoms with Gasteiger partial charge in [0.2, 0.25) is 0 Å². The predicted octanol–water partition coefficient (Wildman–Crippen LogP) is 3.58. The predicted molar refractivity (Wildman–Crippen MR) is 67.9 cm³/mol. The molecule has 1 aromatic rings. The average molecular weight is 285 g/mol. The summed E-state index contributed by atoms with van der Waals surface area (Å²) in [7, 11) is 0. The number of ether oxygens (including phenoxy) is 2. The second kappa shape index (κ2) is 6.35. The topological polar surface area (TPSA) is 66.0 Å². The van der Waals surface area contributed by atoms with Crippen molar-refractivity contribution in [2.24, 2.45) is 0 Å². The third kappa shape index (κ3) is 3.70. The van der Waals surface area contributed by atoms with Gasteiger partial charge in [-0.2, -0.15) is 10.5 Å². The first-order valence-electron chi connectivity index (χ1n) is 5.09. The summed E-state index contributed by atoms with van der Waals surface area (Å²) < 4.78 is 10.6. The quantitative estimate of drug-likeness (QED) is 0.848. The molecule has 0 radical (unpaired) electrons. The minimum absolute atomic E-state index is 0.277. The van der Waals surface area contributed by atoms with Gasteiger partial charge in [0.05, 0.1) is 10.0 Å². The average Bonchev–Trinajstić information content (AvgIpc) is 2.34. The zero-order valence-corrected chi connectivity index (χ0v) is 11.3. The minimum atomic E-state index is -0.648. The number of hydrogen-bond acceptors (Lipinski definition) is 4. The summed E-state index contributed by atoms with van der Waals surface area (Å²) in [5.41, 5.74) is 0. The Labute approximate surface area is 115 Å².